The monoisotopic (exact) mass is 376 g/mol. The summed E-state index contributed by atoms with van der Waals surface area (Å²) in [5.74, 6) is -1.76. The van der Waals surface area contributed by atoms with E-state index in [9.17, 15) is 19.2 Å². The van der Waals surface area contributed by atoms with Crippen LogP contribution in [0, 0.1) is 30.0 Å². The number of ether oxygens (including phenoxy) is 1. The number of amides is 1. The van der Waals surface area contributed by atoms with E-state index in [4.69, 9.17) is 4.74 Å². The summed E-state index contributed by atoms with van der Waals surface area (Å²) in [5.41, 5.74) is -0.571. The molecular formula is C19H21FN2O3S. The molecule has 26 heavy (non-hydrogen) atoms. The van der Waals surface area contributed by atoms with Gasteiger partial charge in [-0.2, -0.15) is 5.26 Å². The van der Waals surface area contributed by atoms with Crippen LogP contribution in [0.4, 0.5) is 4.39 Å². The molecule has 1 aromatic heterocycles. The number of fused-ring (bicyclic) bond motifs is 1. The minimum atomic E-state index is -1.08. The van der Waals surface area contributed by atoms with E-state index in [2.05, 4.69) is 11.4 Å². The molecule has 0 radical (unpaired) electrons. The van der Waals surface area contributed by atoms with Gasteiger partial charge in [0.25, 0.3) is 5.91 Å². The molecule has 7 heteroatoms. The van der Waals surface area contributed by atoms with Crippen molar-refractivity contribution in [2.45, 2.75) is 46.3 Å². The maximum Gasteiger partial charge on any atom is 0.349 e. The maximum atomic E-state index is 14.0. The van der Waals surface area contributed by atoms with Crippen molar-refractivity contribution < 1.29 is 18.7 Å². The molecule has 0 saturated carbocycles. The van der Waals surface area contributed by atoms with Crippen molar-refractivity contribution in [1.82, 2.24) is 5.32 Å². The average Bonchev–Trinajstić information content (AvgIpc) is 2.92. The normalized spacial score (nSPS) is 14.5. The van der Waals surface area contributed by atoms with Crippen molar-refractivity contribution in [2.24, 2.45) is 5.92 Å². The van der Waals surface area contributed by atoms with E-state index in [1.54, 1.807) is 26.0 Å². The van der Waals surface area contributed by atoms with Crippen LogP contribution < -0.4 is 5.32 Å². The third kappa shape index (κ3) is 3.70. The highest BCUT2D eigenvalue weighted by Gasteiger charge is 2.33. The number of benzene rings is 1. The SMILES string of the molecule is Cc1c(C(=O)O[C@H](C)C(=O)N[C@@](C)(C#N)C(C)C)sc2cccc(F)c12. The number of nitriles is 1. The van der Waals surface area contributed by atoms with E-state index in [1.807, 2.05) is 13.8 Å². The Hall–Kier alpha value is -2.46. The highest BCUT2D eigenvalue weighted by molar-refractivity contribution is 7.21. The fraction of sp³-hybridized carbons (Fsp3) is 0.421. The molecule has 0 spiro atoms. The van der Waals surface area contributed by atoms with Crippen LogP contribution in [-0.4, -0.2) is 23.5 Å². The Morgan fingerprint density at radius 2 is 2.00 bits per heavy atom. The molecule has 5 nitrogen and oxygen atoms in total. The average molecular weight is 376 g/mol. The summed E-state index contributed by atoms with van der Waals surface area (Å²) in [6.45, 7) is 8.33. The second-order valence-electron chi connectivity index (χ2n) is 6.67. The molecule has 0 bridgehead atoms. The molecule has 2 rings (SSSR count). The first kappa shape index (κ1) is 19.9. The van der Waals surface area contributed by atoms with Crippen LogP contribution in [0.3, 0.4) is 0 Å². The van der Waals surface area contributed by atoms with E-state index in [1.165, 1.54) is 13.0 Å². The van der Waals surface area contributed by atoms with Crippen LogP contribution in [0.1, 0.15) is 42.9 Å². The molecule has 0 unspecified atom stereocenters. The predicted octanol–water partition coefficient (Wildman–Crippen LogP) is 3.95. The smallest absolute Gasteiger partial charge is 0.349 e. The van der Waals surface area contributed by atoms with Gasteiger partial charge in [0.15, 0.2) is 6.10 Å². The van der Waals surface area contributed by atoms with Crippen molar-refractivity contribution in [2.75, 3.05) is 0 Å². The van der Waals surface area contributed by atoms with Crippen LogP contribution in [0.25, 0.3) is 10.1 Å². The summed E-state index contributed by atoms with van der Waals surface area (Å²) >= 11 is 1.12. The van der Waals surface area contributed by atoms with E-state index >= 15 is 0 Å². The van der Waals surface area contributed by atoms with Crippen molar-refractivity contribution in [3.63, 3.8) is 0 Å². The molecule has 1 N–H and O–H groups in total. The van der Waals surface area contributed by atoms with Gasteiger partial charge in [0.1, 0.15) is 16.2 Å². The maximum absolute atomic E-state index is 14.0. The van der Waals surface area contributed by atoms with Gasteiger partial charge in [0.05, 0.1) is 6.07 Å². The number of halogens is 1. The number of hydrogen-bond donors (Lipinski definition) is 1. The lowest BCUT2D eigenvalue weighted by Gasteiger charge is -2.28. The van der Waals surface area contributed by atoms with Crippen molar-refractivity contribution in [1.29, 1.82) is 5.26 Å². The Morgan fingerprint density at radius 3 is 2.54 bits per heavy atom. The van der Waals surface area contributed by atoms with Gasteiger partial charge in [-0.05, 0) is 44.4 Å². The first-order valence-corrected chi connectivity index (χ1v) is 9.04. The van der Waals surface area contributed by atoms with E-state index in [0.29, 0.717) is 15.6 Å². The zero-order valence-electron chi connectivity index (χ0n) is 15.3. The molecule has 2 aromatic rings. The Labute approximate surface area is 155 Å². The van der Waals surface area contributed by atoms with Crippen molar-refractivity contribution in [3.05, 3.63) is 34.5 Å². The minimum Gasteiger partial charge on any atom is -0.448 e. The van der Waals surface area contributed by atoms with Gasteiger partial charge in [0, 0.05) is 10.1 Å². The number of hydrogen-bond acceptors (Lipinski definition) is 5. The van der Waals surface area contributed by atoms with Gasteiger partial charge in [-0.1, -0.05) is 19.9 Å². The van der Waals surface area contributed by atoms with Gasteiger partial charge in [-0.15, -0.1) is 11.3 Å². The standard InChI is InChI=1S/C19H21FN2O3S/c1-10(2)19(5,9-21)22-17(23)12(4)25-18(24)16-11(3)15-13(20)7-6-8-14(15)26-16/h6-8,10,12H,1-5H3,(H,22,23)/t12-,19+/m1/s1. The Balaban J connectivity index is 2.17. The highest BCUT2D eigenvalue weighted by Crippen LogP contribution is 2.33. The molecule has 1 aromatic carbocycles. The third-order valence-corrected chi connectivity index (χ3v) is 5.75. The van der Waals surface area contributed by atoms with Crippen LogP contribution >= 0.6 is 11.3 Å². The molecule has 1 amide bonds. The molecular weight excluding hydrogens is 355 g/mol. The fourth-order valence-corrected chi connectivity index (χ4v) is 3.48. The summed E-state index contributed by atoms with van der Waals surface area (Å²) in [4.78, 5) is 25.0. The molecule has 2 atom stereocenters. The fourth-order valence-electron chi connectivity index (χ4n) is 2.37. The van der Waals surface area contributed by atoms with Gasteiger partial charge < -0.3 is 10.1 Å². The van der Waals surface area contributed by atoms with Crippen LogP contribution in [0.5, 0.6) is 0 Å². The largest absolute Gasteiger partial charge is 0.448 e. The number of rotatable bonds is 5. The van der Waals surface area contributed by atoms with Crippen LogP contribution in [-0.2, 0) is 9.53 Å². The minimum absolute atomic E-state index is 0.118. The Kier molecular flexibility index (Phi) is 5.67. The zero-order valence-corrected chi connectivity index (χ0v) is 16.2. The zero-order chi connectivity index (χ0) is 19.6. The summed E-state index contributed by atoms with van der Waals surface area (Å²) in [6, 6.07) is 6.71. The van der Waals surface area contributed by atoms with Crippen molar-refractivity contribution in [3.8, 4) is 6.07 Å². The van der Waals surface area contributed by atoms with Crippen LogP contribution in [0.15, 0.2) is 18.2 Å². The number of thiophene rings is 1. The topological polar surface area (TPSA) is 79.2 Å². The predicted molar refractivity (Wildman–Crippen MR) is 98.4 cm³/mol. The lowest BCUT2D eigenvalue weighted by Crippen LogP contribution is -2.52. The molecule has 138 valence electrons. The summed E-state index contributed by atoms with van der Waals surface area (Å²) in [6.07, 6.45) is -1.08. The number of aryl methyl sites for hydroxylation is 1. The lowest BCUT2D eigenvalue weighted by molar-refractivity contribution is -0.130. The summed E-state index contributed by atoms with van der Waals surface area (Å²) < 4.78 is 19.9. The molecule has 0 aliphatic rings. The first-order chi connectivity index (χ1) is 12.1. The first-order valence-electron chi connectivity index (χ1n) is 8.22. The third-order valence-electron chi connectivity index (χ3n) is 4.51. The lowest BCUT2D eigenvalue weighted by atomic mass is 9.90. The number of esters is 1. The Bertz CT molecular complexity index is 900. The Morgan fingerprint density at radius 1 is 1.35 bits per heavy atom. The summed E-state index contributed by atoms with van der Waals surface area (Å²) in [5, 5.41) is 12.3. The number of nitrogens with one attached hydrogen (secondary N) is 1. The van der Waals surface area contributed by atoms with Gasteiger partial charge in [-0.3, -0.25) is 4.79 Å². The quantitative estimate of drug-likeness (QED) is 0.802. The van der Waals surface area contributed by atoms with Crippen LogP contribution in [0.2, 0.25) is 0 Å². The van der Waals surface area contributed by atoms with Gasteiger partial charge >= 0.3 is 5.97 Å². The number of carbonyl (C=O) groups is 2. The van der Waals surface area contributed by atoms with E-state index < -0.39 is 29.3 Å². The molecule has 0 saturated heterocycles. The van der Waals surface area contributed by atoms with E-state index in [0.717, 1.165) is 11.3 Å². The summed E-state index contributed by atoms with van der Waals surface area (Å²) in [7, 11) is 0. The van der Waals surface area contributed by atoms with Crippen molar-refractivity contribution >= 4 is 33.3 Å². The van der Waals surface area contributed by atoms with Gasteiger partial charge in [0.2, 0.25) is 0 Å². The molecule has 0 aliphatic carbocycles. The van der Waals surface area contributed by atoms with Gasteiger partial charge in [-0.25, -0.2) is 9.18 Å². The second-order valence-corrected chi connectivity index (χ2v) is 7.73. The molecule has 0 fully saturated rings. The molecule has 1 heterocycles. The molecule has 0 aliphatic heterocycles. The number of nitrogens with zero attached hydrogens (tertiary/aromatic N) is 1. The number of carbonyl (C=O) groups excluding carboxylic acids is 2. The highest BCUT2D eigenvalue weighted by atomic mass is 32.1. The second kappa shape index (κ2) is 7.42. The van der Waals surface area contributed by atoms with E-state index in [-0.39, 0.29) is 10.8 Å².